The molecule has 1 saturated heterocycles. The summed E-state index contributed by atoms with van der Waals surface area (Å²) in [6.07, 6.45) is 1.60. The Morgan fingerprint density at radius 1 is 1.10 bits per heavy atom. The minimum Gasteiger partial charge on any atom is -0.393 e. The topological polar surface area (TPSA) is 49.7 Å². The van der Waals surface area contributed by atoms with Crippen molar-refractivity contribution in [2.45, 2.75) is 37.8 Å². The van der Waals surface area contributed by atoms with Crippen molar-refractivity contribution in [1.82, 2.24) is 0 Å². The van der Waals surface area contributed by atoms with Crippen LogP contribution in [0, 0.1) is 5.92 Å². The smallest absolute Gasteiger partial charge is 0.155 e. The van der Waals surface area contributed by atoms with Crippen LogP contribution in [-0.2, 0) is 4.74 Å². The molecule has 1 aliphatic carbocycles. The fourth-order valence-electron chi connectivity index (χ4n) is 1.99. The van der Waals surface area contributed by atoms with E-state index in [0.717, 1.165) is 6.42 Å². The molecule has 0 aromatic carbocycles. The van der Waals surface area contributed by atoms with Crippen LogP contribution in [-0.4, -0.2) is 28.7 Å². The monoisotopic (exact) mass is 144 g/mol. The second kappa shape index (κ2) is 2.19. The molecule has 58 valence electrons. The number of aliphatic hydroxyl groups excluding tert-OH is 2. The maximum absolute atomic E-state index is 9.16. The molecule has 0 amide bonds. The zero-order valence-corrected chi connectivity index (χ0v) is 5.73. The number of rotatable bonds is 0. The van der Waals surface area contributed by atoms with E-state index in [-0.39, 0.29) is 12.2 Å². The van der Waals surface area contributed by atoms with Gasteiger partial charge < -0.3 is 14.9 Å². The van der Waals surface area contributed by atoms with E-state index in [2.05, 4.69) is 0 Å². The van der Waals surface area contributed by atoms with E-state index < -0.39 is 6.29 Å². The Labute approximate surface area is 59.6 Å². The van der Waals surface area contributed by atoms with Crippen LogP contribution in [0.3, 0.4) is 0 Å². The molecule has 0 radical (unpaired) electrons. The number of hydrogen-bond donors (Lipinski definition) is 2. The van der Waals surface area contributed by atoms with Crippen LogP contribution in [0.4, 0.5) is 0 Å². The van der Waals surface area contributed by atoms with Crippen LogP contribution in [0.25, 0.3) is 0 Å². The lowest BCUT2D eigenvalue weighted by atomic mass is 10.1. The van der Waals surface area contributed by atoms with Gasteiger partial charge in [-0.25, -0.2) is 0 Å². The van der Waals surface area contributed by atoms with E-state index in [4.69, 9.17) is 14.9 Å². The second-order valence-electron chi connectivity index (χ2n) is 3.25. The molecule has 3 nitrogen and oxygen atoms in total. The molecule has 1 saturated carbocycles. The Morgan fingerprint density at radius 3 is 2.60 bits per heavy atom. The van der Waals surface area contributed by atoms with Crippen molar-refractivity contribution in [1.29, 1.82) is 0 Å². The highest BCUT2D eigenvalue weighted by molar-refractivity contribution is 4.88. The number of aliphatic hydroxyl groups is 2. The molecule has 1 unspecified atom stereocenters. The van der Waals surface area contributed by atoms with Crippen LogP contribution in [0.2, 0.25) is 0 Å². The summed E-state index contributed by atoms with van der Waals surface area (Å²) in [6.45, 7) is 0. The third-order valence-corrected chi connectivity index (χ3v) is 2.44. The Balaban J connectivity index is 2.00. The van der Waals surface area contributed by atoms with Crippen molar-refractivity contribution < 1.29 is 14.9 Å². The lowest BCUT2D eigenvalue weighted by Gasteiger charge is -2.06. The first-order valence-corrected chi connectivity index (χ1v) is 3.77. The lowest BCUT2D eigenvalue weighted by molar-refractivity contribution is -0.0947. The average Bonchev–Trinajstić information content (AvgIpc) is 2.21. The first-order valence-electron chi connectivity index (χ1n) is 3.77. The SMILES string of the molecule is OC1C[C@H]2C[C@@H](O)C[C@H]2O1. The normalized spacial score (nSPS) is 53.4. The second-order valence-corrected chi connectivity index (χ2v) is 3.25. The standard InChI is InChI=1S/C7H12O3/c8-5-1-4-2-7(9)10-6(4)3-5/h4-9H,1-3H2/t4-,5-,6-,7?/m1/s1. The van der Waals surface area contributed by atoms with Gasteiger partial charge in [-0.15, -0.1) is 0 Å². The van der Waals surface area contributed by atoms with E-state index in [0.29, 0.717) is 18.8 Å². The highest BCUT2D eigenvalue weighted by Gasteiger charge is 2.41. The fraction of sp³-hybridized carbons (Fsp3) is 1.00. The van der Waals surface area contributed by atoms with Gasteiger partial charge in [-0.2, -0.15) is 0 Å². The van der Waals surface area contributed by atoms with Crippen molar-refractivity contribution in [2.24, 2.45) is 5.92 Å². The summed E-state index contributed by atoms with van der Waals surface area (Å²) in [4.78, 5) is 0. The third-order valence-electron chi connectivity index (χ3n) is 2.44. The molecule has 4 atom stereocenters. The Kier molecular flexibility index (Phi) is 1.44. The molecule has 10 heavy (non-hydrogen) atoms. The van der Waals surface area contributed by atoms with Gasteiger partial charge in [0.05, 0.1) is 12.2 Å². The summed E-state index contributed by atoms with van der Waals surface area (Å²) in [5.41, 5.74) is 0. The highest BCUT2D eigenvalue weighted by Crippen LogP contribution is 2.38. The van der Waals surface area contributed by atoms with Gasteiger partial charge in [0.1, 0.15) is 0 Å². The largest absolute Gasteiger partial charge is 0.393 e. The summed E-state index contributed by atoms with van der Waals surface area (Å²) in [5, 5.41) is 18.2. The van der Waals surface area contributed by atoms with Crippen LogP contribution >= 0.6 is 0 Å². The fourth-order valence-corrected chi connectivity index (χ4v) is 1.99. The van der Waals surface area contributed by atoms with Gasteiger partial charge in [0.15, 0.2) is 6.29 Å². The van der Waals surface area contributed by atoms with Crippen molar-refractivity contribution >= 4 is 0 Å². The molecule has 2 fully saturated rings. The van der Waals surface area contributed by atoms with Crippen molar-refractivity contribution in [3.8, 4) is 0 Å². The molecular weight excluding hydrogens is 132 g/mol. The van der Waals surface area contributed by atoms with Gasteiger partial charge in [0, 0.05) is 6.42 Å². The van der Waals surface area contributed by atoms with Gasteiger partial charge in [0.2, 0.25) is 0 Å². The van der Waals surface area contributed by atoms with Crippen molar-refractivity contribution in [3.05, 3.63) is 0 Å². The molecule has 0 bridgehead atoms. The first-order chi connectivity index (χ1) is 4.75. The zero-order chi connectivity index (χ0) is 7.14. The summed E-state index contributed by atoms with van der Waals surface area (Å²) in [6, 6.07) is 0. The van der Waals surface area contributed by atoms with Crippen LogP contribution in [0.1, 0.15) is 19.3 Å². The highest BCUT2D eigenvalue weighted by atomic mass is 16.6. The molecule has 0 aromatic heterocycles. The molecule has 0 aromatic rings. The van der Waals surface area contributed by atoms with E-state index in [1.807, 2.05) is 0 Å². The van der Waals surface area contributed by atoms with Gasteiger partial charge in [-0.1, -0.05) is 0 Å². The average molecular weight is 144 g/mol. The molecule has 3 heteroatoms. The number of fused-ring (bicyclic) bond motifs is 1. The quantitative estimate of drug-likeness (QED) is 0.497. The van der Waals surface area contributed by atoms with Crippen LogP contribution < -0.4 is 0 Å². The molecule has 0 spiro atoms. The van der Waals surface area contributed by atoms with Gasteiger partial charge in [-0.3, -0.25) is 0 Å². The van der Waals surface area contributed by atoms with Crippen molar-refractivity contribution in [2.75, 3.05) is 0 Å². The Morgan fingerprint density at radius 2 is 1.90 bits per heavy atom. The Hall–Kier alpha value is -0.120. The van der Waals surface area contributed by atoms with Gasteiger partial charge >= 0.3 is 0 Å². The predicted molar refractivity (Wildman–Crippen MR) is 34.2 cm³/mol. The molecule has 1 heterocycles. The zero-order valence-electron chi connectivity index (χ0n) is 5.73. The molecule has 2 rings (SSSR count). The molecule has 2 aliphatic rings. The summed E-state index contributed by atoms with van der Waals surface area (Å²) in [7, 11) is 0. The van der Waals surface area contributed by atoms with Crippen LogP contribution in [0.5, 0.6) is 0 Å². The lowest BCUT2D eigenvalue weighted by Crippen LogP contribution is -2.12. The number of ether oxygens (including phenoxy) is 1. The molecular formula is C7H12O3. The minimum atomic E-state index is -0.567. The van der Waals surface area contributed by atoms with E-state index >= 15 is 0 Å². The number of hydrogen-bond acceptors (Lipinski definition) is 3. The molecule has 1 aliphatic heterocycles. The summed E-state index contributed by atoms with van der Waals surface area (Å²) < 4.78 is 5.15. The summed E-state index contributed by atoms with van der Waals surface area (Å²) >= 11 is 0. The van der Waals surface area contributed by atoms with E-state index in [1.165, 1.54) is 0 Å². The van der Waals surface area contributed by atoms with Gasteiger partial charge in [0.25, 0.3) is 0 Å². The molecule has 2 N–H and O–H groups in total. The van der Waals surface area contributed by atoms with E-state index in [1.54, 1.807) is 0 Å². The maximum atomic E-state index is 9.16. The maximum Gasteiger partial charge on any atom is 0.155 e. The van der Waals surface area contributed by atoms with Gasteiger partial charge in [-0.05, 0) is 18.8 Å². The first kappa shape index (κ1) is 6.58. The summed E-state index contributed by atoms with van der Waals surface area (Å²) in [5.74, 6) is 0.407. The third kappa shape index (κ3) is 0.944. The Bertz CT molecular complexity index is 109. The van der Waals surface area contributed by atoms with Crippen molar-refractivity contribution in [3.63, 3.8) is 0 Å². The van der Waals surface area contributed by atoms with Crippen LogP contribution in [0.15, 0.2) is 0 Å². The predicted octanol–water partition coefficient (Wildman–Crippen LogP) is -0.135. The van der Waals surface area contributed by atoms with E-state index in [9.17, 15) is 0 Å². The minimum absolute atomic E-state index is 0.130.